The smallest absolute Gasteiger partial charge is 0.191 e. The molecule has 6 saturated heterocycles. The fourth-order valence-corrected chi connectivity index (χ4v) is 20.7. The lowest BCUT2D eigenvalue weighted by molar-refractivity contribution is -0.108. The highest BCUT2D eigenvalue weighted by molar-refractivity contribution is 7.91. The third-order valence-electron chi connectivity index (χ3n) is 23.5. The van der Waals surface area contributed by atoms with Crippen LogP contribution in [0.1, 0.15) is 172 Å². The van der Waals surface area contributed by atoms with Crippen molar-refractivity contribution >= 4 is 42.6 Å². The predicted molar refractivity (Wildman–Crippen MR) is 404 cm³/mol. The molecule has 6 aliphatic heterocycles. The standard InChI is InChI=1S/C40H66O8SSi.C40H64O8SSi/c2*1-27(25-45-50(9,10)40(5,6)7)21-38-39(44-8)34(26-49(42,43)33-16-12-11-13-17-33)37(48-38)24-36-30(4)28(2)22-32(47-36)18-19-35-29(3)23-31(46-35)15-14-20-41/h11-13,16-17,27-28,31-32,34-39,41H,3-4,14-15,18-26H2,1-2,5-10H3;11-13,16-17,20,27-28,31-32,34-39H,3-4,14-15,18-19,21-26H2,1-2,5-10H3/t2*27-,28+,31-,32-,34?,35?,36?,37-,38+,39+/m00/s1. The molecule has 6 unspecified atom stereocenters. The fourth-order valence-electron chi connectivity index (χ4n) is 15.1. The number of sulfone groups is 2. The van der Waals surface area contributed by atoms with Gasteiger partial charge in [0.05, 0.1) is 107 Å². The lowest BCUT2D eigenvalue weighted by Gasteiger charge is -2.38. The topological polar surface area (TPSA) is 198 Å². The van der Waals surface area contributed by atoms with Gasteiger partial charge >= 0.3 is 0 Å². The number of benzene rings is 2. The molecule has 2 aromatic carbocycles. The van der Waals surface area contributed by atoms with Crippen LogP contribution in [0.5, 0.6) is 0 Å². The van der Waals surface area contributed by atoms with Crippen LogP contribution in [0.4, 0.5) is 0 Å². The zero-order valence-electron chi connectivity index (χ0n) is 64.0. The van der Waals surface area contributed by atoms with Gasteiger partial charge < -0.3 is 56.6 Å². The van der Waals surface area contributed by atoms with E-state index in [0.717, 1.165) is 99.2 Å². The Kier molecular flexibility index (Phi) is 31.2. The molecule has 0 aromatic heterocycles. The lowest BCUT2D eigenvalue weighted by atomic mass is 9.83. The summed E-state index contributed by atoms with van der Waals surface area (Å²) in [5.74, 6) is 0.0275. The first-order valence-electron chi connectivity index (χ1n) is 37.5. The van der Waals surface area contributed by atoms with Gasteiger partial charge in [0.15, 0.2) is 36.3 Å². The SMILES string of the molecule is C=C1C[C@H](CCC=O)OC1CC[C@H]1C[C@@H](C)C(=C)C(C[C@@H]2O[C@H](C[C@H](C)CO[Si](C)(C)C(C)(C)C)[C@H](OC)C2CS(=O)(=O)c2ccccc2)O1.C=C1C[C@H](CCCO)OC1CC[C@H]1C[C@@H](C)C(=C)C(C[C@@H]2O[C@H](C[C@H](C)CO[Si](C)(C)C(C)(C)C)[C@H](OC)C2CS(=O)(=O)c2ccccc2)O1. The summed E-state index contributed by atoms with van der Waals surface area (Å²) in [6.45, 7) is 50.2. The molecule has 0 radical (unpaired) electrons. The van der Waals surface area contributed by atoms with Crippen molar-refractivity contribution in [3.05, 3.63) is 109 Å². The van der Waals surface area contributed by atoms with Crippen LogP contribution in [-0.2, 0) is 71.2 Å². The molecular weight excluding hydrogens is 1340 g/mol. The van der Waals surface area contributed by atoms with Crippen LogP contribution in [0.25, 0.3) is 0 Å². The van der Waals surface area contributed by atoms with Crippen LogP contribution in [0.2, 0.25) is 36.3 Å². The molecule has 6 fully saturated rings. The van der Waals surface area contributed by atoms with Gasteiger partial charge in [-0.3, -0.25) is 0 Å². The molecule has 20 heteroatoms. The second kappa shape index (κ2) is 37.0. The van der Waals surface area contributed by atoms with E-state index in [1.54, 1.807) is 62.8 Å². The Morgan fingerprint density at radius 1 is 0.540 bits per heavy atom. The Morgan fingerprint density at radius 2 is 0.910 bits per heavy atom. The van der Waals surface area contributed by atoms with Gasteiger partial charge in [0.1, 0.15) is 6.29 Å². The number of aliphatic hydroxyl groups is 1. The van der Waals surface area contributed by atoms with Crippen molar-refractivity contribution in [2.24, 2.45) is 35.5 Å². The Morgan fingerprint density at radius 3 is 1.26 bits per heavy atom. The molecule has 20 atom stereocenters. The van der Waals surface area contributed by atoms with Crippen molar-refractivity contribution in [3.8, 4) is 0 Å². The minimum atomic E-state index is -3.61. The van der Waals surface area contributed by atoms with Gasteiger partial charge in [0.25, 0.3) is 0 Å². The maximum atomic E-state index is 13.8. The van der Waals surface area contributed by atoms with Gasteiger partial charge in [-0.05, 0) is 190 Å². The summed E-state index contributed by atoms with van der Waals surface area (Å²) >= 11 is 0. The number of methoxy groups -OCH3 is 2. The summed E-state index contributed by atoms with van der Waals surface area (Å²) in [5.41, 5.74) is 4.28. The van der Waals surface area contributed by atoms with Crippen LogP contribution < -0.4 is 0 Å². The highest BCUT2D eigenvalue weighted by Gasteiger charge is 2.52. The summed E-state index contributed by atoms with van der Waals surface area (Å²) in [5, 5.41) is 9.46. The Labute approximate surface area is 606 Å². The van der Waals surface area contributed by atoms with E-state index in [-0.39, 0.29) is 143 Å². The third-order valence-corrected chi connectivity index (χ3v) is 36.1. The first-order chi connectivity index (χ1) is 46.9. The van der Waals surface area contributed by atoms with Gasteiger partial charge in [0, 0.05) is 65.1 Å². The maximum Gasteiger partial charge on any atom is 0.191 e. The number of hydrogen-bond donors (Lipinski definition) is 1. The van der Waals surface area contributed by atoms with E-state index in [2.05, 4.69) is 122 Å². The average Bonchev–Trinajstić information content (AvgIpc) is 1.64. The van der Waals surface area contributed by atoms with E-state index < -0.39 is 42.4 Å². The summed E-state index contributed by atoms with van der Waals surface area (Å²) in [6, 6.07) is 17.3. The van der Waals surface area contributed by atoms with Gasteiger partial charge in [-0.25, -0.2) is 16.8 Å². The van der Waals surface area contributed by atoms with Crippen LogP contribution >= 0.6 is 0 Å². The molecule has 0 bridgehead atoms. The molecule has 1 N–H and O–H groups in total. The minimum absolute atomic E-state index is 0.0118. The van der Waals surface area contributed by atoms with Crippen LogP contribution in [0, 0.1) is 35.5 Å². The zero-order chi connectivity index (χ0) is 73.7. The van der Waals surface area contributed by atoms with Crippen molar-refractivity contribution in [1.29, 1.82) is 0 Å². The van der Waals surface area contributed by atoms with Crippen molar-refractivity contribution in [2.45, 2.75) is 303 Å². The highest BCUT2D eigenvalue weighted by Crippen LogP contribution is 2.46. The zero-order valence-corrected chi connectivity index (χ0v) is 67.6. The highest BCUT2D eigenvalue weighted by atomic mass is 32.2. The summed E-state index contributed by atoms with van der Waals surface area (Å²) in [6.07, 6.45) is 10.6. The van der Waals surface area contributed by atoms with E-state index in [9.17, 15) is 26.7 Å². The molecule has 6 heterocycles. The maximum absolute atomic E-state index is 13.8. The molecule has 0 saturated carbocycles. The number of rotatable bonds is 34. The van der Waals surface area contributed by atoms with E-state index in [1.165, 1.54) is 0 Å². The van der Waals surface area contributed by atoms with E-state index in [0.29, 0.717) is 55.1 Å². The van der Waals surface area contributed by atoms with Crippen molar-refractivity contribution in [3.63, 3.8) is 0 Å². The molecule has 8 rings (SSSR count). The Hall–Kier alpha value is -3.04. The Balaban J connectivity index is 0.000000281. The number of hydrogen-bond acceptors (Lipinski definition) is 16. The number of carbonyl (C=O) groups excluding carboxylic acids is 1. The summed E-state index contributed by atoms with van der Waals surface area (Å²) in [7, 11) is -7.73. The largest absolute Gasteiger partial charge is 0.417 e. The van der Waals surface area contributed by atoms with E-state index in [4.69, 9.17) is 46.7 Å². The lowest BCUT2D eigenvalue weighted by Crippen LogP contribution is -2.42. The van der Waals surface area contributed by atoms with E-state index >= 15 is 0 Å². The monoisotopic (exact) mass is 1470 g/mol. The second-order valence-electron chi connectivity index (χ2n) is 33.5. The number of ether oxygens (including phenoxy) is 8. The van der Waals surface area contributed by atoms with Gasteiger partial charge in [-0.1, -0.05) is 132 Å². The average molecular weight is 1470 g/mol. The molecule has 566 valence electrons. The second-order valence-corrected chi connectivity index (χ2v) is 47.2. The predicted octanol–water partition coefficient (Wildman–Crippen LogP) is 16.0. The van der Waals surface area contributed by atoms with Gasteiger partial charge in [-0.2, -0.15) is 0 Å². The van der Waals surface area contributed by atoms with Crippen molar-refractivity contribution < 1.29 is 73.5 Å². The van der Waals surface area contributed by atoms with Crippen molar-refractivity contribution in [1.82, 2.24) is 0 Å². The number of carbonyl (C=O) groups is 1. The first kappa shape index (κ1) is 84.2. The molecule has 6 aliphatic rings. The third kappa shape index (κ3) is 23.0. The fraction of sp³-hybridized carbons (Fsp3) is 0.738. The molecule has 16 nitrogen and oxygen atoms in total. The molecule has 100 heavy (non-hydrogen) atoms. The number of aliphatic hydroxyl groups excluding tert-OH is 1. The molecule has 0 aliphatic carbocycles. The normalized spacial score (nSPS) is 31.7. The van der Waals surface area contributed by atoms with E-state index in [1.807, 2.05) is 12.1 Å². The summed E-state index contributed by atoms with van der Waals surface area (Å²) in [4.78, 5) is 11.5. The van der Waals surface area contributed by atoms with Crippen LogP contribution in [0.3, 0.4) is 0 Å². The van der Waals surface area contributed by atoms with Gasteiger partial charge in [0.2, 0.25) is 0 Å². The van der Waals surface area contributed by atoms with Gasteiger partial charge in [-0.15, -0.1) is 0 Å². The molecule has 0 amide bonds. The molecule has 2 aromatic rings. The minimum Gasteiger partial charge on any atom is -0.417 e. The quantitative estimate of drug-likeness (QED) is 0.0394. The molecule has 0 spiro atoms. The first-order valence-corrected chi connectivity index (χ1v) is 46.6. The molecular formula is C80H130O16S2Si2. The summed E-state index contributed by atoms with van der Waals surface area (Å²) < 4.78 is 120. The Bertz CT molecular complexity index is 3170. The van der Waals surface area contributed by atoms with Crippen molar-refractivity contribution in [2.75, 3.05) is 45.5 Å². The number of aldehydes is 1. The van der Waals surface area contributed by atoms with Crippen LogP contribution in [0.15, 0.2) is 119 Å². The van der Waals surface area contributed by atoms with Crippen LogP contribution in [-0.4, -0.2) is 176 Å².